The van der Waals surface area contributed by atoms with E-state index in [0.29, 0.717) is 23.9 Å². The predicted molar refractivity (Wildman–Crippen MR) is 93.9 cm³/mol. The van der Waals surface area contributed by atoms with Crippen molar-refractivity contribution in [2.45, 2.75) is 38.5 Å². The Morgan fingerprint density at radius 1 is 1.27 bits per heavy atom. The summed E-state index contributed by atoms with van der Waals surface area (Å²) in [5.41, 5.74) is 0.487. The lowest BCUT2D eigenvalue weighted by molar-refractivity contribution is 0.0783. The van der Waals surface area contributed by atoms with Gasteiger partial charge in [-0.15, -0.1) is 0 Å². The maximum absolute atomic E-state index is 12.9. The molecule has 1 saturated carbocycles. The molecule has 2 aromatic rings. The van der Waals surface area contributed by atoms with Crippen LogP contribution in [0.2, 0.25) is 0 Å². The molecule has 2 atom stereocenters. The van der Waals surface area contributed by atoms with E-state index in [0.717, 1.165) is 18.2 Å². The van der Waals surface area contributed by atoms with Gasteiger partial charge in [0.1, 0.15) is 5.82 Å². The second-order valence-corrected chi connectivity index (χ2v) is 7.51. The maximum Gasteiger partial charge on any atom is 0.316 e. The van der Waals surface area contributed by atoms with Gasteiger partial charge in [0, 0.05) is 37.3 Å². The molecule has 138 valence electrons. The minimum Gasteiger partial charge on any atom is -0.467 e. The number of hydrogen-bond acceptors (Lipinski definition) is 6. The van der Waals surface area contributed by atoms with Crippen LogP contribution in [0.3, 0.4) is 0 Å². The number of aromatic amines is 1. The van der Waals surface area contributed by atoms with Gasteiger partial charge >= 0.3 is 6.01 Å². The molecule has 0 unspecified atom stereocenters. The van der Waals surface area contributed by atoms with Crippen LogP contribution in [0.4, 0.5) is 0 Å². The first-order valence-electron chi connectivity index (χ1n) is 9.14. The second kappa shape index (κ2) is 6.66. The van der Waals surface area contributed by atoms with E-state index in [-0.39, 0.29) is 23.8 Å². The molecule has 1 N–H and O–H groups in total. The Hall–Kier alpha value is -2.51. The standard InChI is InChI=1S/C18H24N6O2/c1-10(2)15-21-16(23-22-15)14-9-24(8-13(14)11-4-5-11)17(25)12-6-19-18(26-3)20-7-12/h6-7,10-11,13-14H,4-5,8-9H2,1-3H3,(H,21,22,23)/t13-,14+/m1/s1. The Morgan fingerprint density at radius 3 is 2.58 bits per heavy atom. The summed E-state index contributed by atoms with van der Waals surface area (Å²) in [6, 6.07) is 0.264. The fourth-order valence-corrected chi connectivity index (χ4v) is 3.71. The molecule has 1 amide bonds. The number of methoxy groups -OCH3 is 1. The van der Waals surface area contributed by atoms with Crippen molar-refractivity contribution in [3.05, 3.63) is 29.6 Å². The zero-order valence-corrected chi connectivity index (χ0v) is 15.3. The highest BCUT2D eigenvalue weighted by Crippen LogP contribution is 2.47. The van der Waals surface area contributed by atoms with Crippen LogP contribution >= 0.6 is 0 Å². The van der Waals surface area contributed by atoms with Crippen LogP contribution in [0.1, 0.15) is 60.5 Å². The first-order valence-corrected chi connectivity index (χ1v) is 9.14. The molecule has 0 spiro atoms. The van der Waals surface area contributed by atoms with E-state index in [2.05, 4.69) is 34.0 Å². The molecule has 26 heavy (non-hydrogen) atoms. The number of H-pyrrole nitrogens is 1. The first kappa shape index (κ1) is 16.9. The maximum atomic E-state index is 12.9. The molecule has 1 saturated heterocycles. The molecule has 0 radical (unpaired) electrons. The Balaban J connectivity index is 1.54. The summed E-state index contributed by atoms with van der Waals surface area (Å²) in [5.74, 6) is 3.32. The van der Waals surface area contributed by atoms with Crippen LogP contribution in [0.5, 0.6) is 6.01 Å². The number of aromatic nitrogens is 5. The number of likely N-dealkylation sites (tertiary alicyclic amines) is 1. The summed E-state index contributed by atoms with van der Waals surface area (Å²) < 4.78 is 4.96. The van der Waals surface area contributed by atoms with Crippen molar-refractivity contribution in [1.82, 2.24) is 30.0 Å². The molecule has 0 aromatic carbocycles. The zero-order valence-electron chi connectivity index (χ0n) is 15.3. The van der Waals surface area contributed by atoms with Crippen molar-refractivity contribution < 1.29 is 9.53 Å². The molecule has 3 heterocycles. The molecular formula is C18H24N6O2. The van der Waals surface area contributed by atoms with Crippen molar-refractivity contribution in [2.24, 2.45) is 11.8 Å². The summed E-state index contributed by atoms with van der Waals surface area (Å²) in [4.78, 5) is 27.6. The average molecular weight is 356 g/mol. The zero-order chi connectivity index (χ0) is 18.3. The van der Waals surface area contributed by atoms with Crippen molar-refractivity contribution >= 4 is 5.91 Å². The van der Waals surface area contributed by atoms with E-state index in [1.54, 1.807) is 0 Å². The van der Waals surface area contributed by atoms with Gasteiger partial charge in [-0.05, 0) is 24.7 Å². The number of carbonyl (C=O) groups excluding carboxylic acids is 1. The fourth-order valence-electron chi connectivity index (χ4n) is 3.71. The van der Waals surface area contributed by atoms with Gasteiger partial charge in [0.15, 0.2) is 5.82 Å². The number of nitrogens with zero attached hydrogens (tertiary/aromatic N) is 5. The van der Waals surface area contributed by atoms with Crippen LogP contribution < -0.4 is 4.74 Å². The molecule has 1 aliphatic carbocycles. The van der Waals surface area contributed by atoms with E-state index < -0.39 is 0 Å². The molecule has 4 rings (SSSR count). The second-order valence-electron chi connectivity index (χ2n) is 7.51. The molecule has 2 fully saturated rings. The predicted octanol–water partition coefficient (Wildman–Crippen LogP) is 1.99. The Bertz CT molecular complexity index is 783. The van der Waals surface area contributed by atoms with Gasteiger partial charge in [-0.1, -0.05) is 13.8 Å². The first-order chi connectivity index (χ1) is 12.6. The van der Waals surface area contributed by atoms with Crippen molar-refractivity contribution in [3.8, 4) is 6.01 Å². The normalized spacial score (nSPS) is 22.8. The quantitative estimate of drug-likeness (QED) is 0.880. The molecule has 0 bridgehead atoms. The van der Waals surface area contributed by atoms with Gasteiger partial charge in [0.2, 0.25) is 0 Å². The third-order valence-corrected chi connectivity index (χ3v) is 5.33. The summed E-state index contributed by atoms with van der Waals surface area (Å²) in [5, 5.41) is 7.46. The van der Waals surface area contributed by atoms with Crippen molar-refractivity contribution in [3.63, 3.8) is 0 Å². The lowest BCUT2D eigenvalue weighted by Crippen LogP contribution is -2.29. The van der Waals surface area contributed by atoms with E-state index >= 15 is 0 Å². The SMILES string of the molecule is COc1ncc(C(=O)N2C[C@H](c3nc(C(C)C)n[nH]3)[C@@H](C3CC3)C2)cn1. The molecular weight excluding hydrogens is 332 g/mol. The van der Waals surface area contributed by atoms with Gasteiger partial charge < -0.3 is 9.64 Å². The number of carbonyl (C=O) groups is 1. The largest absolute Gasteiger partial charge is 0.467 e. The third-order valence-electron chi connectivity index (χ3n) is 5.33. The van der Waals surface area contributed by atoms with E-state index in [1.807, 2.05) is 4.90 Å². The molecule has 1 aliphatic heterocycles. The summed E-state index contributed by atoms with van der Waals surface area (Å²) in [6.07, 6.45) is 5.53. The number of nitrogens with one attached hydrogen (secondary N) is 1. The third kappa shape index (κ3) is 3.15. The molecule has 2 aromatic heterocycles. The number of rotatable bonds is 5. The Morgan fingerprint density at radius 2 is 2.00 bits per heavy atom. The van der Waals surface area contributed by atoms with Crippen LogP contribution in [0.15, 0.2) is 12.4 Å². The van der Waals surface area contributed by atoms with E-state index in [4.69, 9.17) is 9.72 Å². The van der Waals surface area contributed by atoms with Gasteiger partial charge in [-0.3, -0.25) is 9.89 Å². The molecule has 8 nitrogen and oxygen atoms in total. The number of ether oxygens (including phenoxy) is 1. The average Bonchev–Trinajstić information content (AvgIpc) is 3.21. The minimum atomic E-state index is -0.0376. The van der Waals surface area contributed by atoms with Crippen molar-refractivity contribution in [2.75, 3.05) is 20.2 Å². The Labute approximate surface area is 152 Å². The van der Waals surface area contributed by atoms with Gasteiger partial charge in [-0.25, -0.2) is 15.0 Å². The van der Waals surface area contributed by atoms with Crippen LogP contribution in [0, 0.1) is 11.8 Å². The minimum absolute atomic E-state index is 0.0376. The lowest BCUT2D eigenvalue weighted by Gasteiger charge is -2.15. The van der Waals surface area contributed by atoms with Gasteiger partial charge in [-0.2, -0.15) is 5.10 Å². The van der Waals surface area contributed by atoms with Crippen LogP contribution in [-0.2, 0) is 0 Å². The lowest BCUT2D eigenvalue weighted by atomic mass is 9.91. The summed E-state index contributed by atoms with van der Waals surface area (Å²) >= 11 is 0. The molecule has 2 aliphatic rings. The highest BCUT2D eigenvalue weighted by Gasteiger charge is 2.45. The highest BCUT2D eigenvalue weighted by molar-refractivity contribution is 5.93. The van der Waals surface area contributed by atoms with Crippen LogP contribution in [0.25, 0.3) is 0 Å². The monoisotopic (exact) mass is 356 g/mol. The van der Waals surface area contributed by atoms with Crippen LogP contribution in [-0.4, -0.2) is 56.2 Å². The molecule has 8 heteroatoms. The van der Waals surface area contributed by atoms with E-state index in [9.17, 15) is 4.79 Å². The highest BCUT2D eigenvalue weighted by atomic mass is 16.5. The number of amides is 1. The summed E-state index contributed by atoms with van der Waals surface area (Å²) in [7, 11) is 1.50. The smallest absolute Gasteiger partial charge is 0.316 e. The van der Waals surface area contributed by atoms with E-state index in [1.165, 1.54) is 32.3 Å². The fraction of sp³-hybridized carbons (Fsp3) is 0.611. The number of hydrogen-bond donors (Lipinski definition) is 1. The summed E-state index contributed by atoms with van der Waals surface area (Å²) in [6.45, 7) is 5.57. The Kier molecular flexibility index (Phi) is 4.34. The van der Waals surface area contributed by atoms with Crippen molar-refractivity contribution in [1.29, 1.82) is 0 Å². The van der Waals surface area contributed by atoms with Gasteiger partial charge in [0.25, 0.3) is 5.91 Å². The topological polar surface area (TPSA) is 96.9 Å². The van der Waals surface area contributed by atoms with Gasteiger partial charge in [0.05, 0.1) is 12.7 Å².